The molecule has 0 spiro atoms. The molecule has 0 saturated carbocycles. The molecule has 144 valence electrons. The lowest BCUT2D eigenvalue weighted by Gasteiger charge is -2.11. The van der Waals surface area contributed by atoms with E-state index < -0.39 is 0 Å². The summed E-state index contributed by atoms with van der Waals surface area (Å²) in [5.41, 5.74) is 1.32. The number of halogens is 1. The fraction of sp³-hybridized carbons (Fsp3) is 0.190. The Morgan fingerprint density at radius 3 is 2.57 bits per heavy atom. The van der Waals surface area contributed by atoms with E-state index in [9.17, 15) is 9.18 Å². The van der Waals surface area contributed by atoms with Gasteiger partial charge < -0.3 is 15.4 Å². The third kappa shape index (κ3) is 5.26. The lowest BCUT2D eigenvalue weighted by Crippen LogP contribution is -2.15. The van der Waals surface area contributed by atoms with Crippen LogP contribution in [0, 0.1) is 5.82 Å². The zero-order valence-corrected chi connectivity index (χ0v) is 15.6. The summed E-state index contributed by atoms with van der Waals surface area (Å²) in [6.07, 6.45) is 1.56. The number of nitrogens with one attached hydrogen (secondary N) is 2. The van der Waals surface area contributed by atoms with E-state index in [0.717, 1.165) is 5.75 Å². The van der Waals surface area contributed by atoms with Gasteiger partial charge in [0.1, 0.15) is 17.3 Å². The van der Waals surface area contributed by atoms with Gasteiger partial charge in [-0.25, -0.2) is 14.4 Å². The second-order valence-electron chi connectivity index (χ2n) is 6.36. The molecule has 1 heterocycles. The average Bonchev–Trinajstić information content (AvgIpc) is 2.69. The van der Waals surface area contributed by atoms with Gasteiger partial charge in [0.25, 0.3) is 5.91 Å². The molecule has 0 radical (unpaired) electrons. The van der Waals surface area contributed by atoms with Gasteiger partial charge in [-0.3, -0.25) is 4.79 Å². The van der Waals surface area contributed by atoms with Crippen LogP contribution in [0.15, 0.2) is 60.8 Å². The minimum Gasteiger partial charge on any atom is -0.491 e. The third-order valence-corrected chi connectivity index (χ3v) is 3.77. The third-order valence-electron chi connectivity index (χ3n) is 3.77. The SMILES string of the molecule is CC(C)Oc1ccc(NC(=O)c2ccnc(NCc3ccccc3F)n2)cc1. The molecule has 0 atom stereocenters. The molecule has 2 N–H and O–H groups in total. The number of rotatable bonds is 7. The summed E-state index contributed by atoms with van der Waals surface area (Å²) in [6.45, 7) is 4.11. The van der Waals surface area contributed by atoms with E-state index in [-0.39, 0.29) is 36.0 Å². The molecule has 0 unspecified atom stereocenters. The van der Waals surface area contributed by atoms with Crippen molar-refractivity contribution in [2.75, 3.05) is 10.6 Å². The van der Waals surface area contributed by atoms with Gasteiger partial charge in [-0.05, 0) is 50.2 Å². The van der Waals surface area contributed by atoms with Crippen molar-refractivity contribution in [2.24, 2.45) is 0 Å². The van der Waals surface area contributed by atoms with Crippen molar-refractivity contribution in [3.05, 3.63) is 77.9 Å². The van der Waals surface area contributed by atoms with Crippen molar-refractivity contribution in [2.45, 2.75) is 26.5 Å². The summed E-state index contributed by atoms with van der Waals surface area (Å²) >= 11 is 0. The summed E-state index contributed by atoms with van der Waals surface area (Å²) in [4.78, 5) is 20.7. The van der Waals surface area contributed by atoms with Crippen LogP contribution in [-0.4, -0.2) is 22.0 Å². The van der Waals surface area contributed by atoms with Crippen LogP contribution >= 0.6 is 0 Å². The first-order chi connectivity index (χ1) is 13.5. The molecule has 0 aliphatic heterocycles. The molecule has 6 nitrogen and oxygen atoms in total. The lowest BCUT2D eigenvalue weighted by atomic mass is 10.2. The van der Waals surface area contributed by atoms with Crippen molar-refractivity contribution >= 4 is 17.5 Å². The van der Waals surface area contributed by atoms with Crippen LogP contribution in [0.3, 0.4) is 0 Å². The van der Waals surface area contributed by atoms with Gasteiger partial charge in [0.05, 0.1) is 6.10 Å². The Labute approximate surface area is 162 Å². The maximum absolute atomic E-state index is 13.7. The smallest absolute Gasteiger partial charge is 0.274 e. The maximum Gasteiger partial charge on any atom is 0.274 e. The number of aromatic nitrogens is 2. The van der Waals surface area contributed by atoms with Gasteiger partial charge >= 0.3 is 0 Å². The molecule has 3 rings (SSSR count). The molecule has 28 heavy (non-hydrogen) atoms. The second kappa shape index (κ2) is 8.94. The molecule has 2 aromatic carbocycles. The van der Waals surface area contributed by atoms with Crippen LogP contribution in [0.25, 0.3) is 0 Å². The number of benzene rings is 2. The zero-order chi connectivity index (χ0) is 19.9. The largest absolute Gasteiger partial charge is 0.491 e. The molecule has 7 heteroatoms. The van der Waals surface area contributed by atoms with Crippen LogP contribution in [0.4, 0.5) is 16.0 Å². The van der Waals surface area contributed by atoms with Crippen molar-refractivity contribution in [3.8, 4) is 5.75 Å². The summed E-state index contributed by atoms with van der Waals surface area (Å²) in [6, 6.07) is 15.0. The summed E-state index contributed by atoms with van der Waals surface area (Å²) < 4.78 is 19.3. The Balaban J connectivity index is 1.62. The molecule has 0 aliphatic carbocycles. The normalized spacial score (nSPS) is 10.6. The highest BCUT2D eigenvalue weighted by molar-refractivity contribution is 6.02. The molecular weight excluding hydrogens is 359 g/mol. The average molecular weight is 380 g/mol. The Morgan fingerprint density at radius 2 is 1.86 bits per heavy atom. The fourth-order valence-corrected chi connectivity index (χ4v) is 2.47. The first-order valence-electron chi connectivity index (χ1n) is 8.89. The van der Waals surface area contributed by atoms with Crippen LogP contribution in [-0.2, 0) is 6.54 Å². The van der Waals surface area contributed by atoms with Gasteiger partial charge in [0.2, 0.25) is 5.95 Å². The first kappa shape index (κ1) is 19.3. The Kier molecular flexibility index (Phi) is 6.16. The van der Waals surface area contributed by atoms with Gasteiger partial charge in [-0.15, -0.1) is 0 Å². The number of amides is 1. The van der Waals surface area contributed by atoms with E-state index in [1.165, 1.54) is 18.3 Å². The number of anilines is 2. The summed E-state index contributed by atoms with van der Waals surface area (Å²) in [7, 11) is 0. The fourth-order valence-electron chi connectivity index (χ4n) is 2.47. The van der Waals surface area contributed by atoms with E-state index in [2.05, 4.69) is 20.6 Å². The van der Waals surface area contributed by atoms with Crippen LogP contribution in [0.2, 0.25) is 0 Å². The standard InChI is InChI=1S/C21H21FN4O2/c1-14(2)28-17-9-7-16(8-10-17)25-20(27)19-11-12-23-21(26-19)24-13-15-5-3-4-6-18(15)22/h3-12,14H,13H2,1-2H3,(H,25,27)(H,23,24,26). The lowest BCUT2D eigenvalue weighted by molar-refractivity contribution is 0.102. The molecule has 0 fully saturated rings. The Morgan fingerprint density at radius 1 is 1.11 bits per heavy atom. The molecule has 0 bridgehead atoms. The minimum absolute atomic E-state index is 0.0803. The van der Waals surface area contributed by atoms with Gasteiger partial charge in [0, 0.05) is 24.0 Å². The zero-order valence-electron chi connectivity index (χ0n) is 15.6. The number of ether oxygens (including phenoxy) is 1. The Bertz CT molecular complexity index is 945. The van der Waals surface area contributed by atoms with E-state index in [4.69, 9.17) is 4.74 Å². The summed E-state index contributed by atoms with van der Waals surface area (Å²) in [5.74, 6) is 0.300. The van der Waals surface area contributed by atoms with Gasteiger partial charge in [-0.1, -0.05) is 18.2 Å². The van der Waals surface area contributed by atoms with Crippen LogP contribution < -0.4 is 15.4 Å². The quantitative estimate of drug-likeness (QED) is 0.640. The molecule has 3 aromatic rings. The highest BCUT2D eigenvalue weighted by atomic mass is 19.1. The monoisotopic (exact) mass is 380 g/mol. The topological polar surface area (TPSA) is 76.1 Å². The van der Waals surface area contributed by atoms with Crippen molar-refractivity contribution in [1.29, 1.82) is 0 Å². The maximum atomic E-state index is 13.7. The van der Waals surface area contributed by atoms with Gasteiger partial charge in [0.15, 0.2) is 0 Å². The van der Waals surface area contributed by atoms with Crippen molar-refractivity contribution in [3.63, 3.8) is 0 Å². The number of hydrogen-bond acceptors (Lipinski definition) is 5. The summed E-state index contributed by atoms with van der Waals surface area (Å²) in [5, 5.41) is 5.70. The minimum atomic E-state index is -0.367. The highest BCUT2D eigenvalue weighted by Gasteiger charge is 2.10. The molecule has 1 aromatic heterocycles. The van der Waals surface area contributed by atoms with Crippen molar-refractivity contribution < 1.29 is 13.9 Å². The number of carbonyl (C=O) groups excluding carboxylic acids is 1. The predicted octanol–water partition coefficient (Wildman–Crippen LogP) is 4.27. The molecule has 1 amide bonds. The van der Waals surface area contributed by atoms with Gasteiger partial charge in [-0.2, -0.15) is 0 Å². The highest BCUT2D eigenvalue weighted by Crippen LogP contribution is 2.17. The van der Waals surface area contributed by atoms with Crippen LogP contribution in [0.5, 0.6) is 5.75 Å². The number of hydrogen-bond donors (Lipinski definition) is 2. The number of carbonyl (C=O) groups is 1. The Hall–Kier alpha value is -3.48. The van der Waals surface area contributed by atoms with E-state index in [1.54, 1.807) is 42.5 Å². The van der Waals surface area contributed by atoms with E-state index in [0.29, 0.717) is 11.3 Å². The van der Waals surface area contributed by atoms with Crippen LogP contribution in [0.1, 0.15) is 29.9 Å². The second-order valence-corrected chi connectivity index (χ2v) is 6.36. The molecule has 0 saturated heterocycles. The molecule has 0 aliphatic rings. The van der Waals surface area contributed by atoms with Crippen molar-refractivity contribution in [1.82, 2.24) is 9.97 Å². The first-order valence-corrected chi connectivity index (χ1v) is 8.89. The molecular formula is C21H21FN4O2. The van der Waals surface area contributed by atoms with E-state index >= 15 is 0 Å². The number of nitrogens with zero attached hydrogens (tertiary/aromatic N) is 2. The predicted molar refractivity (Wildman–Crippen MR) is 106 cm³/mol. The van der Waals surface area contributed by atoms with E-state index in [1.807, 2.05) is 13.8 Å².